The van der Waals surface area contributed by atoms with E-state index in [4.69, 9.17) is 4.74 Å². The lowest BCUT2D eigenvalue weighted by Gasteiger charge is -2.09. The average molecular weight is 210 g/mol. The van der Waals surface area contributed by atoms with Crippen molar-refractivity contribution in [2.24, 2.45) is 11.3 Å². The van der Waals surface area contributed by atoms with Crippen molar-refractivity contribution in [3.05, 3.63) is 11.6 Å². The van der Waals surface area contributed by atoms with Crippen LogP contribution >= 0.6 is 0 Å². The minimum Gasteiger partial charge on any atom is -0.466 e. The minimum absolute atomic E-state index is 0.159. The Kier molecular flexibility index (Phi) is 3.95. The van der Waals surface area contributed by atoms with Crippen molar-refractivity contribution in [3.8, 4) is 0 Å². The molecule has 0 aromatic rings. The molecule has 1 rings (SSSR count). The molecule has 1 aliphatic rings. The zero-order valence-electron chi connectivity index (χ0n) is 10.3. The Morgan fingerprint density at radius 2 is 2.13 bits per heavy atom. The molecule has 1 fully saturated rings. The van der Waals surface area contributed by atoms with E-state index < -0.39 is 0 Å². The van der Waals surface area contributed by atoms with E-state index in [1.54, 1.807) is 0 Å². The van der Waals surface area contributed by atoms with Crippen LogP contribution in [-0.2, 0) is 9.53 Å². The third-order valence-corrected chi connectivity index (χ3v) is 3.29. The molecule has 0 amide bonds. The van der Waals surface area contributed by atoms with E-state index in [-0.39, 0.29) is 5.97 Å². The maximum absolute atomic E-state index is 10.7. The highest BCUT2D eigenvalue weighted by Gasteiger charge is 2.49. The van der Waals surface area contributed by atoms with Crippen LogP contribution in [0.1, 0.15) is 47.0 Å². The van der Waals surface area contributed by atoms with Gasteiger partial charge in [0.25, 0.3) is 0 Å². The third kappa shape index (κ3) is 4.06. The Labute approximate surface area is 92.7 Å². The van der Waals surface area contributed by atoms with Gasteiger partial charge in [-0.3, -0.25) is 4.79 Å². The molecule has 1 aliphatic carbocycles. The van der Waals surface area contributed by atoms with Crippen LogP contribution in [0.4, 0.5) is 0 Å². The predicted molar refractivity (Wildman–Crippen MR) is 61.5 cm³/mol. The van der Waals surface area contributed by atoms with Gasteiger partial charge in [-0.05, 0) is 44.4 Å². The lowest BCUT2D eigenvalue weighted by Crippen LogP contribution is -2.07. The molecule has 2 unspecified atom stereocenters. The molecule has 1 saturated carbocycles. The van der Waals surface area contributed by atoms with Crippen molar-refractivity contribution in [2.45, 2.75) is 47.0 Å². The van der Waals surface area contributed by atoms with Crippen LogP contribution in [0.5, 0.6) is 0 Å². The lowest BCUT2D eigenvalue weighted by molar-refractivity contribution is -0.141. The van der Waals surface area contributed by atoms with Gasteiger partial charge >= 0.3 is 5.97 Å². The molecule has 2 heteroatoms. The van der Waals surface area contributed by atoms with Crippen molar-refractivity contribution < 1.29 is 9.53 Å². The number of rotatable bonds is 5. The van der Waals surface area contributed by atoms with Gasteiger partial charge in [0.1, 0.15) is 0 Å². The highest BCUT2D eigenvalue weighted by Crippen LogP contribution is 2.55. The quantitative estimate of drug-likeness (QED) is 0.514. The summed E-state index contributed by atoms with van der Waals surface area (Å²) in [4.78, 5) is 10.7. The SMILES string of the molecule is CC(=O)OCC1CC1(C)CCC=C(C)C. The fraction of sp³-hybridized carbons (Fsp3) is 0.769. The zero-order valence-corrected chi connectivity index (χ0v) is 10.3. The van der Waals surface area contributed by atoms with E-state index in [0.717, 1.165) is 6.42 Å². The second-order valence-corrected chi connectivity index (χ2v) is 5.18. The summed E-state index contributed by atoms with van der Waals surface area (Å²) in [7, 11) is 0. The van der Waals surface area contributed by atoms with Crippen molar-refractivity contribution in [1.29, 1.82) is 0 Å². The fourth-order valence-electron chi connectivity index (χ4n) is 1.98. The van der Waals surface area contributed by atoms with Crippen LogP contribution in [0.25, 0.3) is 0 Å². The van der Waals surface area contributed by atoms with E-state index in [2.05, 4.69) is 26.8 Å². The summed E-state index contributed by atoms with van der Waals surface area (Å²) in [5, 5.41) is 0. The van der Waals surface area contributed by atoms with Gasteiger partial charge < -0.3 is 4.74 Å². The molecule has 0 bridgehead atoms. The first kappa shape index (κ1) is 12.3. The monoisotopic (exact) mass is 210 g/mol. The second kappa shape index (κ2) is 4.82. The van der Waals surface area contributed by atoms with Crippen molar-refractivity contribution >= 4 is 5.97 Å². The summed E-state index contributed by atoms with van der Waals surface area (Å²) in [5.74, 6) is 0.431. The van der Waals surface area contributed by atoms with Gasteiger partial charge in [-0.2, -0.15) is 0 Å². The summed E-state index contributed by atoms with van der Waals surface area (Å²) in [5.41, 5.74) is 1.80. The first-order chi connectivity index (χ1) is 6.94. The Balaban J connectivity index is 2.21. The normalized spacial score (nSPS) is 28.4. The number of hydrogen-bond donors (Lipinski definition) is 0. The predicted octanol–water partition coefficient (Wildman–Crippen LogP) is 3.32. The van der Waals surface area contributed by atoms with Crippen LogP contribution in [0, 0.1) is 11.3 Å². The Hall–Kier alpha value is -0.790. The van der Waals surface area contributed by atoms with Gasteiger partial charge in [0.05, 0.1) is 6.61 Å². The highest BCUT2D eigenvalue weighted by molar-refractivity contribution is 5.65. The molecule has 0 radical (unpaired) electrons. The maximum atomic E-state index is 10.7. The van der Waals surface area contributed by atoms with E-state index in [0.29, 0.717) is 17.9 Å². The number of carbonyl (C=O) groups is 1. The summed E-state index contributed by atoms with van der Waals surface area (Å²) in [6.45, 7) is 8.64. The number of allylic oxidation sites excluding steroid dienone is 2. The number of carbonyl (C=O) groups excluding carboxylic acids is 1. The second-order valence-electron chi connectivity index (χ2n) is 5.18. The molecule has 15 heavy (non-hydrogen) atoms. The lowest BCUT2D eigenvalue weighted by atomic mass is 9.99. The Bertz CT molecular complexity index is 264. The Morgan fingerprint density at radius 1 is 1.47 bits per heavy atom. The van der Waals surface area contributed by atoms with E-state index in [1.807, 2.05) is 0 Å². The minimum atomic E-state index is -0.159. The van der Waals surface area contributed by atoms with Crippen LogP contribution in [-0.4, -0.2) is 12.6 Å². The van der Waals surface area contributed by atoms with Crippen molar-refractivity contribution in [2.75, 3.05) is 6.61 Å². The maximum Gasteiger partial charge on any atom is 0.302 e. The van der Waals surface area contributed by atoms with E-state index in [1.165, 1.54) is 25.3 Å². The largest absolute Gasteiger partial charge is 0.466 e. The summed E-state index contributed by atoms with van der Waals surface area (Å²) >= 11 is 0. The van der Waals surface area contributed by atoms with Crippen LogP contribution in [0.3, 0.4) is 0 Å². The van der Waals surface area contributed by atoms with Crippen LogP contribution in [0.15, 0.2) is 11.6 Å². The molecule has 0 aliphatic heterocycles. The zero-order chi connectivity index (χ0) is 11.5. The fourth-order valence-corrected chi connectivity index (χ4v) is 1.98. The number of ether oxygens (including phenoxy) is 1. The molecule has 0 spiro atoms. The van der Waals surface area contributed by atoms with Gasteiger partial charge in [-0.25, -0.2) is 0 Å². The van der Waals surface area contributed by atoms with Crippen LogP contribution < -0.4 is 0 Å². The number of esters is 1. The molecule has 2 nitrogen and oxygen atoms in total. The molecule has 0 aromatic carbocycles. The molecular weight excluding hydrogens is 188 g/mol. The van der Waals surface area contributed by atoms with Gasteiger partial charge in [0, 0.05) is 6.92 Å². The smallest absolute Gasteiger partial charge is 0.302 e. The first-order valence-electron chi connectivity index (χ1n) is 5.71. The average Bonchev–Trinajstić information content (AvgIpc) is 2.73. The van der Waals surface area contributed by atoms with Gasteiger partial charge in [0.2, 0.25) is 0 Å². The Morgan fingerprint density at radius 3 is 2.67 bits per heavy atom. The molecule has 0 heterocycles. The van der Waals surface area contributed by atoms with Gasteiger partial charge in [-0.15, -0.1) is 0 Å². The summed E-state index contributed by atoms with van der Waals surface area (Å²) in [6.07, 6.45) is 5.85. The standard InChI is InChI=1S/C13H22O2/c1-10(2)6-5-7-13(4)8-12(13)9-15-11(3)14/h6,12H,5,7-9H2,1-4H3. The number of hydrogen-bond acceptors (Lipinski definition) is 2. The van der Waals surface area contributed by atoms with Crippen molar-refractivity contribution in [1.82, 2.24) is 0 Å². The molecule has 0 saturated heterocycles. The van der Waals surface area contributed by atoms with Crippen molar-refractivity contribution in [3.63, 3.8) is 0 Å². The molecule has 0 aromatic heterocycles. The summed E-state index contributed by atoms with van der Waals surface area (Å²) in [6, 6.07) is 0. The van der Waals surface area contributed by atoms with E-state index >= 15 is 0 Å². The van der Waals surface area contributed by atoms with Gasteiger partial charge in [-0.1, -0.05) is 18.6 Å². The van der Waals surface area contributed by atoms with Crippen LogP contribution in [0.2, 0.25) is 0 Å². The molecule has 0 N–H and O–H groups in total. The van der Waals surface area contributed by atoms with E-state index in [9.17, 15) is 4.79 Å². The first-order valence-corrected chi connectivity index (χ1v) is 5.71. The molecule has 86 valence electrons. The van der Waals surface area contributed by atoms with Gasteiger partial charge in [0.15, 0.2) is 0 Å². The summed E-state index contributed by atoms with van der Waals surface area (Å²) < 4.78 is 5.03. The topological polar surface area (TPSA) is 26.3 Å². The third-order valence-electron chi connectivity index (χ3n) is 3.29. The molecular formula is C13H22O2. The molecule has 2 atom stereocenters. The highest BCUT2D eigenvalue weighted by atomic mass is 16.5.